The molecule has 166 valence electrons. The van der Waals surface area contributed by atoms with Gasteiger partial charge in [-0.1, -0.05) is 41.9 Å². The van der Waals surface area contributed by atoms with E-state index in [4.69, 9.17) is 16.7 Å². The monoisotopic (exact) mass is 472 g/mol. The number of aliphatic carboxylic acids is 1. The summed E-state index contributed by atoms with van der Waals surface area (Å²) < 4.78 is 4.00. The first-order chi connectivity index (χ1) is 15.3. The lowest BCUT2D eigenvalue weighted by molar-refractivity contribution is -0.131. The fourth-order valence-electron chi connectivity index (χ4n) is 3.94. The van der Waals surface area contributed by atoms with Crippen molar-refractivity contribution in [3.63, 3.8) is 0 Å². The van der Waals surface area contributed by atoms with E-state index in [2.05, 4.69) is 33.3 Å². The van der Waals surface area contributed by atoms with Crippen molar-refractivity contribution >= 4 is 51.8 Å². The molecular weight excluding hydrogens is 452 g/mol. The number of amides is 1. The van der Waals surface area contributed by atoms with Crippen LogP contribution in [-0.4, -0.2) is 67.1 Å². The molecule has 0 saturated carbocycles. The number of ketones is 1. The largest absolute Gasteiger partial charge is 0.475 e. The van der Waals surface area contributed by atoms with Crippen LogP contribution in [0.3, 0.4) is 0 Å². The van der Waals surface area contributed by atoms with Crippen molar-refractivity contribution in [1.82, 2.24) is 19.2 Å². The molecule has 32 heavy (non-hydrogen) atoms. The summed E-state index contributed by atoms with van der Waals surface area (Å²) in [5.41, 5.74) is 1.49. The Hall–Kier alpha value is -2.88. The van der Waals surface area contributed by atoms with E-state index in [1.54, 1.807) is 4.90 Å². The SMILES string of the molecule is C[C@@H]1CN(Cc2ccccc2)[C@@H](C)CN1C(=O)c1cc2c(C(=O)C(=O)O)snc2nc1Cl. The maximum absolute atomic E-state index is 13.4. The van der Waals surface area contributed by atoms with Crippen LogP contribution in [0.2, 0.25) is 5.15 Å². The average Bonchev–Trinajstić information content (AvgIpc) is 3.17. The summed E-state index contributed by atoms with van der Waals surface area (Å²) in [4.78, 5) is 44.6. The van der Waals surface area contributed by atoms with Gasteiger partial charge < -0.3 is 10.0 Å². The van der Waals surface area contributed by atoms with Gasteiger partial charge >= 0.3 is 5.97 Å². The van der Waals surface area contributed by atoms with Gasteiger partial charge in [-0.2, -0.15) is 4.37 Å². The van der Waals surface area contributed by atoms with Gasteiger partial charge in [0.25, 0.3) is 11.7 Å². The van der Waals surface area contributed by atoms with Crippen LogP contribution in [-0.2, 0) is 11.3 Å². The van der Waals surface area contributed by atoms with E-state index in [0.29, 0.717) is 13.1 Å². The lowest BCUT2D eigenvalue weighted by atomic mass is 10.0. The Labute approximate surface area is 193 Å². The van der Waals surface area contributed by atoms with E-state index < -0.39 is 11.8 Å². The van der Waals surface area contributed by atoms with Gasteiger partial charge in [-0.15, -0.1) is 0 Å². The molecule has 1 amide bonds. The number of nitrogens with zero attached hydrogens (tertiary/aromatic N) is 4. The number of carboxylic acid groups (broad SMARTS) is 1. The molecule has 1 N–H and O–H groups in total. The molecule has 1 saturated heterocycles. The number of Topliss-reactive ketones (excluding diaryl/α,β-unsaturated/α-hetero) is 1. The zero-order valence-electron chi connectivity index (χ0n) is 17.5. The van der Waals surface area contributed by atoms with Crippen molar-refractivity contribution in [2.45, 2.75) is 32.5 Å². The number of fused-ring (bicyclic) bond motifs is 1. The Morgan fingerprint density at radius 3 is 2.56 bits per heavy atom. The predicted molar refractivity (Wildman–Crippen MR) is 121 cm³/mol. The first-order valence-corrected chi connectivity index (χ1v) is 11.2. The third-order valence-electron chi connectivity index (χ3n) is 5.66. The van der Waals surface area contributed by atoms with Gasteiger partial charge in [0.1, 0.15) is 10.0 Å². The summed E-state index contributed by atoms with van der Waals surface area (Å²) in [7, 11) is 0. The Morgan fingerprint density at radius 2 is 1.88 bits per heavy atom. The van der Waals surface area contributed by atoms with Crippen LogP contribution in [0.1, 0.15) is 39.4 Å². The van der Waals surface area contributed by atoms with Gasteiger partial charge in [0.15, 0.2) is 5.65 Å². The molecule has 1 aliphatic heterocycles. The molecule has 4 rings (SSSR count). The molecule has 2 aromatic heterocycles. The highest BCUT2D eigenvalue weighted by Crippen LogP contribution is 2.29. The summed E-state index contributed by atoms with van der Waals surface area (Å²) >= 11 is 7.02. The molecule has 0 unspecified atom stereocenters. The number of aromatic nitrogens is 2. The van der Waals surface area contributed by atoms with Crippen molar-refractivity contribution in [3.05, 3.63) is 57.6 Å². The maximum atomic E-state index is 13.4. The van der Waals surface area contributed by atoms with Crippen LogP contribution < -0.4 is 0 Å². The van der Waals surface area contributed by atoms with Crippen molar-refractivity contribution in [1.29, 1.82) is 0 Å². The fourth-order valence-corrected chi connectivity index (χ4v) is 4.89. The third-order valence-corrected chi connectivity index (χ3v) is 6.80. The molecule has 10 heteroatoms. The second-order valence-electron chi connectivity index (χ2n) is 7.91. The molecule has 3 heterocycles. The highest BCUT2D eigenvalue weighted by Gasteiger charge is 2.34. The van der Waals surface area contributed by atoms with Crippen molar-refractivity contribution in [2.75, 3.05) is 13.1 Å². The standard InChI is InChI=1S/C22H21ClN4O4S/c1-12-10-27(13(2)9-26(12)11-14-6-4-3-5-7-14)21(29)16-8-15-18(17(28)22(30)31)32-25-20(15)24-19(16)23/h3-8,12-13H,9-11H2,1-2H3,(H,30,31)/t12-,13+/m0/s1. The Bertz CT molecular complexity index is 1200. The Kier molecular flexibility index (Phi) is 6.23. The molecule has 0 spiro atoms. The second-order valence-corrected chi connectivity index (χ2v) is 9.05. The van der Waals surface area contributed by atoms with E-state index in [9.17, 15) is 14.4 Å². The Morgan fingerprint density at radius 1 is 1.16 bits per heavy atom. The number of carboxylic acids is 1. The van der Waals surface area contributed by atoms with Crippen molar-refractivity contribution < 1.29 is 19.5 Å². The number of benzene rings is 1. The number of carbonyl (C=O) groups excluding carboxylic acids is 2. The Balaban J connectivity index is 1.59. The summed E-state index contributed by atoms with van der Waals surface area (Å²) in [6, 6.07) is 11.7. The molecule has 2 atom stereocenters. The predicted octanol–water partition coefficient (Wildman–Crippen LogP) is 3.35. The van der Waals surface area contributed by atoms with E-state index >= 15 is 0 Å². The van der Waals surface area contributed by atoms with Gasteiger partial charge in [-0.05, 0) is 37.0 Å². The number of carbonyl (C=O) groups is 3. The van der Waals surface area contributed by atoms with E-state index in [-0.39, 0.29) is 44.6 Å². The molecule has 0 aliphatic carbocycles. The number of halogens is 1. The van der Waals surface area contributed by atoms with Gasteiger partial charge in [0.05, 0.1) is 5.56 Å². The zero-order chi connectivity index (χ0) is 23.0. The molecule has 1 fully saturated rings. The van der Waals surface area contributed by atoms with Gasteiger partial charge in [0, 0.05) is 37.1 Å². The number of piperazine rings is 1. The summed E-state index contributed by atoms with van der Waals surface area (Å²) in [6.45, 7) is 6.05. The highest BCUT2D eigenvalue weighted by molar-refractivity contribution is 7.10. The molecule has 0 bridgehead atoms. The van der Waals surface area contributed by atoms with Gasteiger partial charge in [-0.3, -0.25) is 14.5 Å². The summed E-state index contributed by atoms with van der Waals surface area (Å²) in [5, 5.41) is 9.25. The van der Waals surface area contributed by atoms with Crippen LogP contribution in [0.15, 0.2) is 36.4 Å². The molecule has 8 nitrogen and oxygen atoms in total. The molecular formula is C22H21ClN4O4S. The van der Waals surface area contributed by atoms with Gasteiger partial charge in [-0.25, -0.2) is 9.78 Å². The maximum Gasteiger partial charge on any atom is 0.378 e. The first-order valence-electron chi connectivity index (χ1n) is 10.1. The molecule has 1 aliphatic rings. The topological polar surface area (TPSA) is 104 Å². The van der Waals surface area contributed by atoms with Crippen LogP contribution in [0.5, 0.6) is 0 Å². The average molecular weight is 473 g/mol. The normalized spacial score (nSPS) is 19.3. The van der Waals surface area contributed by atoms with Crippen LogP contribution in [0.25, 0.3) is 11.0 Å². The van der Waals surface area contributed by atoms with Crippen LogP contribution in [0.4, 0.5) is 0 Å². The lowest BCUT2D eigenvalue weighted by Crippen LogP contribution is -2.57. The number of rotatable bonds is 5. The molecule has 3 aromatic rings. The van der Waals surface area contributed by atoms with E-state index in [1.165, 1.54) is 11.6 Å². The van der Waals surface area contributed by atoms with E-state index in [1.807, 2.05) is 25.1 Å². The quantitative estimate of drug-likeness (QED) is 0.345. The third kappa shape index (κ3) is 4.23. The summed E-state index contributed by atoms with van der Waals surface area (Å²) in [6.07, 6.45) is 0. The minimum atomic E-state index is -1.59. The minimum Gasteiger partial charge on any atom is -0.475 e. The first kappa shape index (κ1) is 22.3. The number of hydrogen-bond acceptors (Lipinski definition) is 7. The summed E-state index contributed by atoms with van der Waals surface area (Å²) in [5.74, 6) is -2.98. The van der Waals surface area contributed by atoms with Crippen molar-refractivity contribution in [3.8, 4) is 0 Å². The van der Waals surface area contributed by atoms with Crippen LogP contribution >= 0.6 is 23.1 Å². The molecule has 0 radical (unpaired) electrons. The number of pyridine rings is 1. The lowest BCUT2D eigenvalue weighted by Gasteiger charge is -2.44. The minimum absolute atomic E-state index is 0.0197. The van der Waals surface area contributed by atoms with Gasteiger partial charge in [0.2, 0.25) is 0 Å². The second kappa shape index (κ2) is 8.93. The zero-order valence-corrected chi connectivity index (χ0v) is 19.1. The smallest absolute Gasteiger partial charge is 0.378 e. The number of hydrogen-bond donors (Lipinski definition) is 1. The molecule has 1 aromatic carbocycles. The van der Waals surface area contributed by atoms with Crippen LogP contribution in [0, 0.1) is 0 Å². The highest BCUT2D eigenvalue weighted by atomic mass is 35.5. The van der Waals surface area contributed by atoms with E-state index in [0.717, 1.165) is 18.1 Å². The fraction of sp³-hybridized carbons (Fsp3) is 0.318. The van der Waals surface area contributed by atoms with Crippen molar-refractivity contribution in [2.24, 2.45) is 0 Å².